The molecule has 0 amide bonds. The van der Waals surface area contributed by atoms with Crippen LogP contribution in [0.25, 0.3) is 0 Å². The molecule has 0 saturated carbocycles. The van der Waals surface area contributed by atoms with Crippen LogP contribution >= 0.6 is 0 Å². The van der Waals surface area contributed by atoms with Crippen molar-refractivity contribution in [3.05, 3.63) is 35.9 Å². The van der Waals surface area contributed by atoms with Crippen LogP contribution in [0, 0.1) is 5.41 Å². The molecule has 0 spiro atoms. The van der Waals surface area contributed by atoms with Gasteiger partial charge in [0.2, 0.25) is 0 Å². The first-order chi connectivity index (χ1) is 8.08. The molecular formula is C17H32. The molecule has 0 unspecified atom stereocenters. The van der Waals surface area contributed by atoms with Crippen molar-refractivity contribution in [3.8, 4) is 0 Å². The van der Waals surface area contributed by atoms with Gasteiger partial charge in [-0.15, -0.1) is 0 Å². The fourth-order valence-corrected chi connectivity index (χ4v) is 1.47. The SMILES string of the molecule is CC.CC.CC(C)(C)CCCc1ccccc1. The minimum atomic E-state index is 0.481. The van der Waals surface area contributed by atoms with Gasteiger partial charge in [0, 0.05) is 0 Å². The average Bonchev–Trinajstić information content (AvgIpc) is 2.34. The summed E-state index contributed by atoms with van der Waals surface area (Å²) in [5.41, 5.74) is 1.95. The lowest BCUT2D eigenvalue weighted by Gasteiger charge is -2.17. The van der Waals surface area contributed by atoms with Crippen molar-refractivity contribution in [2.24, 2.45) is 5.41 Å². The van der Waals surface area contributed by atoms with Gasteiger partial charge in [0.15, 0.2) is 0 Å². The molecule has 1 aromatic carbocycles. The van der Waals surface area contributed by atoms with E-state index in [0.29, 0.717) is 5.41 Å². The molecule has 0 bridgehead atoms. The number of hydrogen-bond donors (Lipinski definition) is 0. The molecule has 17 heavy (non-hydrogen) atoms. The summed E-state index contributed by atoms with van der Waals surface area (Å²) >= 11 is 0. The quantitative estimate of drug-likeness (QED) is 0.594. The topological polar surface area (TPSA) is 0 Å². The van der Waals surface area contributed by atoms with E-state index in [0.717, 1.165) is 0 Å². The lowest BCUT2D eigenvalue weighted by molar-refractivity contribution is 0.365. The Bertz CT molecular complexity index is 228. The van der Waals surface area contributed by atoms with Crippen LogP contribution in [0.2, 0.25) is 0 Å². The van der Waals surface area contributed by atoms with Crippen molar-refractivity contribution < 1.29 is 0 Å². The highest BCUT2D eigenvalue weighted by Gasteiger charge is 2.08. The first kappa shape index (κ1) is 18.6. The van der Waals surface area contributed by atoms with Crippen LogP contribution in [0.3, 0.4) is 0 Å². The minimum absolute atomic E-state index is 0.481. The van der Waals surface area contributed by atoms with E-state index in [9.17, 15) is 0 Å². The summed E-state index contributed by atoms with van der Waals surface area (Å²) in [6, 6.07) is 10.7. The summed E-state index contributed by atoms with van der Waals surface area (Å²) in [5, 5.41) is 0. The Balaban J connectivity index is 0. The third kappa shape index (κ3) is 13.2. The summed E-state index contributed by atoms with van der Waals surface area (Å²) in [7, 11) is 0. The fourth-order valence-electron chi connectivity index (χ4n) is 1.47. The second-order valence-corrected chi connectivity index (χ2v) is 4.90. The van der Waals surface area contributed by atoms with E-state index < -0.39 is 0 Å². The maximum atomic E-state index is 2.30. The Hall–Kier alpha value is -0.780. The van der Waals surface area contributed by atoms with Crippen LogP contribution in [-0.2, 0) is 6.42 Å². The fraction of sp³-hybridized carbons (Fsp3) is 0.647. The molecule has 0 nitrogen and oxygen atoms in total. The van der Waals surface area contributed by atoms with E-state index in [1.54, 1.807) is 0 Å². The lowest BCUT2D eigenvalue weighted by Crippen LogP contribution is -2.04. The van der Waals surface area contributed by atoms with Gasteiger partial charge in [-0.25, -0.2) is 0 Å². The molecule has 0 saturated heterocycles. The molecule has 0 fully saturated rings. The monoisotopic (exact) mass is 236 g/mol. The van der Waals surface area contributed by atoms with Gasteiger partial charge in [-0.3, -0.25) is 0 Å². The molecule has 0 N–H and O–H groups in total. The highest BCUT2D eigenvalue weighted by Crippen LogP contribution is 2.21. The average molecular weight is 236 g/mol. The summed E-state index contributed by atoms with van der Waals surface area (Å²) in [6.07, 6.45) is 3.83. The molecule has 1 rings (SSSR count). The highest BCUT2D eigenvalue weighted by atomic mass is 14.1. The maximum Gasteiger partial charge on any atom is -0.0279 e. The Morgan fingerprint density at radius 3 is 1.71 bits per heavy atom. The van der Waals surface area contributed by atoms with Gasteiger partial charge in [0.1, 0.15) is 0 Å². The zero-order valence-electron chi connectivity index (χ0n) is 13.0. The third-order valence-electron chi connectivity index (χ3n) is 2.24. The predicted molar refractivity (Wildman–Crippen MR) is 81.5 cm³/mol. The smallest absolute Gasteiger partial charge is 0.0279 e. The van der Waals surface area contributed by atoms with E-state index >= 15 is 0 Å². The zero-order chi connectivity index (χ0) is 13.7. The van der Waals surface area contributed by atoms with E-state index in [1.165, 1.54) is 24.8 Å². The van der Waals surface area contributed by atoms with Crippen LogP contribution in [-0.4, -0.2) is 0 Å². The number of hydrogen-bond acceptors (Lipinski definition) is 0. The molecule has 1 aromatic rings. The van der Waals surface area contributed by atoms with E-state index in [2.05, 4.69) is 51.1 Å². The van der Waals surface area contributed by atoms with Crippen LogP contribution in [0.4, 0.5) is 0 Å². The van der Waals surface area contributed by atoms with Gasteiger partial charge < -0.3 is 0 Å². The molecule has 0 atom stereocenters. The lowest BCUT2D eigenvalue weighted by atomic mass is 9.89. The van der Waals surface area contributed by atoms with Crippen LogP contribution < -0.4 is 0 Å². The van der Waals surface area contributed by atoms with Crippen LogP contribution in [0.5, 0.6) is 0 Å². The molecule has 0 heterocycles. The van der Waals surface area contributed by atoms with Crippen LogP contribution in [0.1, 0.15) is 66.9 Å². The van der Waals surface area contributed by atoms with Crippen molar-refractivity contribution in [2.75, 3.05) is 0 Å². The summed E-state index contributed by atoms with van der Waals surface area (Å²) in [6.45, 7) is 14.9. The molecule has 0 aliphatic heterocycles. The van der Waals surface area contributed by atoms with Gasteiger partial charge >= 0.3 is 0 Å². The maximum absolute atomic E-state index is 2.30. The normalized spacial score (nSPS) is 9.59. The summed E-state index contributed by atoms with van der Waals surface area (Å²) in [5.74, 6) is 0. The summed E-state index contributed by atoms with van der Waals surface area (Å²) < 4.78 is 0. The number of aryl methyl sites for hydroxylation is 1. The minimum Gasteiger partial charge on any atom is -0.0683 e. The van der Waals surface area contributed by atoms with E-state index in [-0.39, 0.29) is 0 Å². The Labute approximate surface area is 109 Å². The number of benzene rings is 1. The van der Waals surface area contributed by atoms with Crippen molar-refractivity contribution in [1.29, 1.82) is 0 Å². The first-order valence-electron chi connectivity index (χ1n) is 7.12. The van der Waals surface area contributed by atoms with Gasteiger partial charge in [0.05, 0.1) is 0 Å². The summed E-state index contributed by atoms with van der Waals surface area (Å²) in [4.78, 5) is 0. The highest BCUT2D eigenvalue weighted by molar-refractivity contribution is 5.14. The Morgan fingerprint density at radius 1 is 0.824 bits per heavy atom. The molecular weight excluding hydrogens is 204 g/mol. The van der Waals surface area contributed by atoms with Crippen molar-refractivity contribution in [2.45, 2.75) is 67.7 Å². The molecule has 0 aliphatic rings. The molecule has 0 heteroatoms. The zero-order valence-corrected chi connectivity index (χ0v) is 13.0. The van der Waals surface area contributed by atoms with Gasteiger partial charge in [-0.2, -0.15) is 0 Å². The van der Waals surface area contributed by atoms with E-state index in [1.807, 2.05) is 27.7 Å². The van der Waals surface area contributed by atoms with Gasteiger partial charge in [0.25, 0.3) is 0 Å². The third-order valence-corrected chi connectivity index (χ3v) is 2.24. The second kappa shape index (κ2) is 11.7. The standard InChI is InChI=1S/C13H20.2C2H6/c1-13(2,3)11-7-10-12-8-5-4-6-9-12;2*1-2/h4-6,8-9H,7,10-11H2,1-3H3;2*1-2H3. The van der Waals surface area contributed by atoms with E-state index in [4.69, 9.17) is 0 Å². The van der Waals surface area contributed by atoms with Crippen molar-refractivity contribution in [3.63, 3.8) is 0 Å². The molecule has 100 valence electrons. The van der Waals surface area contributed by atoms with Gasteiger partial charge in [-0.1, -0.05) is 78.8 Å². The first-order valence-corrected chi connectivity index (χ1v) is 7.12. The van der Waals surface area contributed by atoms with Crippen molar-refractivity contribution in [1.82, 2.24) is 0 Å². The molecule has 0 aromatic heterocycles. The molecule has 0 radical (unpaired) electrons. The largest absolute Gasteiger partial charge is 0.0683 e. The Kier molecular flexibility index (Phi) is 12.8. The van der Waals surface area contributed by atoms with Crippen LogP contribution in [0.15, 0.2) is 30.3 Å². The second-order valence-electron chi connectivity index (χ2n) is 4.90. The van der Waals surface area contributed by atoms with Gasteiger partial charge in [-0.05, 0) is 30.2 Å². The Morgan fingerprint density at radius 2 is 1.29 bits per heavy atom. The molecule has 0 aliphatic carbocycles. The predicted octanol–water partition coefficient (Wildman–Crippen LogP) is 6.11. The number of rotatable bonds is 3. The van der Waals surface area contributed by atoms with Crippen molar-refractivity contribution >= 4 is 0 Å².